The third-order valence-corrected chi connectivity index (χ3v) is 7.22. The van der Waals surface area contributed by atoms with Gasteiger partial charge in [-0.2, -0.15) is 0 Å². The molecule has 2 aromatic carbocycles. The molecule has 1 nitrogen and oxygen atoms in total. The van der Waals surface area contributed by atoms with Crippen molar-refractivity contribution in [1.82, 2.24) is 0 Å². The molecule has 0 atom stereocenters. The Bertz CT molecular complexity index is 503. The van der Waals surface area contributed by atoms with Crippen LogP contribution in [0.2, 0.25) is 0 Å². The second-order valence-corrected chi connectivity index (χ2v) is 7.32. The summed E-state index contributed by atoms with van der Waals surface area (Å²) in [7, 11) is 0. The molecule has 74 valence electrons. The van der Waals surface area contributed by atoms with Gasteiger partial charge < -0.3 is 0 Å². The van der Waals surface area contributed by atoms with Crippen LogP contribution < -0.4 is 8.92 Å². The van der Waals surface area contributed by atoms with Crippen LogP contribution in [0.1, 0.15) is 0 Å². The Morgan fingerprint density at radius 1 is 0.800 bits per heavy atom. The molecule has 1 aliphatic rings. The normalized spacial score (nSPS) is 14.4. The second-order valence-electron chi connectivity index (χ2n) is 3.26. The van der Waals surface area contributed by atoms with Crippen molar-refractivity contribution in [1.29, 1.82) is 0 Å². The van der Waals surface area contributed by atoms with E-state index < -0.39 is 13.8 Å². The number of hydrogen-bond donors (Lipinski definition) is 0. The fourth-order valence-corrected chi connectivity index (χ4v) is 6.19. The Labute approximate surface area is 96.6 Å². The van der Waals surface area contributed by atoms with E-state index >= 15 is 0 Å². The molecule has 0 spiro atoms. The van der Waals surface area contributed by atoms with Gasteiger partial charge in [-0.15, -0.1) is 0 Å². The van der Waals surface area contributed by atoms with E-state index in [0.29, 0.717) is 0 Å². The zero-order valence-electron chi connectivity index (χ0n) is 7.84. The van der Waals surface area contributed by atoms with Crippen LogP contribution in [0, 0.1) is 0 Å². The number of hydrogen-bond acceptors (Lipinski definition) is 2. The van der Waals surface area contributed by atoms with Crippen molar-refractivity contribution >= 4 is 34.5 Å². The van der Waals surface area contributed by atoms with Gasteiger partial charge in [-0.1, -0.05) is 0 Å². The summed E-state index contributed by atoms with van der Waals surface area (Å²) in [6.45, 7) is 0. The molecular weight excluding hydrogens is 271 g/mol. The molecule has 1 aliphatic heterocycles. The Hall–Kier alpha value is -0.891. The molecule has 0 bridgehead atoms. The van der Waals surface area contributed by atoms with Crippen molar-refractivity contribution in [3.63, 3.8) is 0 Å². The summed E-state index contributed by atoms with van der Waals surface area (Å²) in [6, 6.07) is 16.0. The van der Waals surface area contributed by atoms with Gasteiger partial charge in [0.1, 0.15) is 0 Å². The molecule has 2 aromatic rings. The first-order valence-corrected chi connectivity index (χ1v) is 7.87. The summed E-state index contributed by atoms with van der Waals surface area (Å²) in [5.41, 5.74) is 0. The van der Waals surface area contributed by atoms with E-state index in [2.05, 4.69) is 0 Å². The van der Waals surface area contributed by atoms with E-state index in [-0.39, 0.29) is 0 Å². The van der Waals surface area contributed by atoms with Crippen molar-refractivity contribution < 1.29 is 3.83 Å². The molecule has 0 unspecified atom stereocenters. The molecule has 0 fully saturated rings. The van der Waals surface area contributed by atoms with Gasteiger partial charge in [0.2, 0.25) is 0 Å². The number of fused-ring (bicyclic) bond motifs is 2. The van der Waals surface area contributed by atoms with E-state index in [0.717, 1.165) is 18.7 Å². The summed E-state index contributed by atoms with van der Waals surface area (Å²) in [4.78, 5) is 2.30. The van der Waals surface area contributed by atoms with E-state index in [1.165, 1.54) is 0 Å². The molecule has 1 heterocycles. The average molecular weight is 279 g/mol. The Balaban J connectivity index is 2.24. The molecule has 3 rings (SSSR count). The van der Waals surface area contributed by atoms with Gasteiger partial charge in [-0.05, 0) is 0 Å². The molecule has 0 radical (unpaired) electrons. The van der Waals surface area contributed by atoms with Crippen molar-refractivity contribution in [3.05, 3.63) is 48.5 Å². The van der Waals surface area contributed by atoms with E-state index in [1.807, 2.05) is 48.5 Å². The van der Waals surface area contributed by atoms with Crippen molar-refractivity contribution in [2.45, 2.75) is 9.79 Å². The molecule has 0 saturated heterocycles. The number of rotatable bonds is 0. The third kappa shape index (κ3) is 1.48. The first-order chi connectivity index (χ1) is 7.36. The molecule has 0 N–H and O–H groups in total. The van der Waals surface area contributed by atoms with Crippen LogP contribution in [-0.4, -0.2) is 13.8 Å². The van der Waals surface area contributed by atoms with Gasteiger partial charge in [0.15, 0.2) is 0 Å². The molecule has 0 aromatic heterocycles. The van der Waals surface area contributed by atoms with E-state index in [4.69, 9.17) is 0 Å². The van der Waals surface area contributed by atoms with Crippen LogP contribution in [0.5, 0.6) is 0 Å². The van der Waals surface area contributed by atoms with Crippen molar-refractivity contribution in [2.75, 3.05) is 0 Å². The molecule has 0 amide bonds. The van der Waals surface area contributed by atoms with Crippen LogP contribution in [0.25, 0.3) is 0 Å². The quantitative estimate of drug-likeness (QED) is 0.583. The maximum atomic E-state index is 12.3. The Morgan fingerprint density at radius 3 is 1.80 bits per heavy atom. The SMILES string of the molecule is O=[Se]1c2ccccc2Sc2ccccc21. The van der Waals surface area contributed by atoms with Gasteiger partial charge in [0.05, 0.1) is 0 Å². The monoisotopic (exact) mass is 280 g/mol. The van der Waals surface area contributed by atoms with Crippen molar-refractivity contribution in [2.24, 2.45) is 0 Å². The van der Waals surface area contributed by atoms with Crippen LogP contribution in [-0.2, 0) is 3.83 Å². The summed E-state index contributed by atoms with van der Waals surface area (Å²) >= 11 is -0.299. The Kier molecular flexibility index (Phi) is 2.24. The fourth-order valence-electron chi connectivity index (χ4n) is 1.61. The predicted octanol–water partition coefficient (Wildman–Crippen LogP) is 1.69. The summed E-state index contributed by atoms with van der Waals surface area (Å²) in [5.74, 6) is 0. The first kappa shape index (κ1) is 9.34. The second kappa shape index (κ2) is 3.60. The average Bonchev–Trinajstić information content (AvgIpc) is 2.30. The fraction of sp³-hybridized carbons (Fsp3) is 0. The van der Waals surface area contributed by atoms with Gasteiger partial charge >= 0.3 is 96.7 Å². The molecular formula is C12H8OSSe. The third-order valence-electron chi connectivity index (χ3n) is 2.32. The topological polar surface area (TPSA) is 17.1 Å². The first-order valence-electron chi connectivity index (χ1n) is 4.64. The predicted molar refractivity (Wildman–Crippen MR) is 62.7 cm³/mol. The zero-order chi connectivity index (χ0) is 10.3. The maximum absolute atomic E-state index is 12.3. The number of benzene rings is 2. The summed E-state index contributed by atoms with van der Waals surface area (Å²) < 4.78 is 14.4. The van der Waals surface area contributed by atoms with Crippen LogP contribution in [0.4, 0.5) is 0 Å². The van der Waals surface area contributed by atoms with Gasteiger partial charge in [0, 0.05) is 0 Å². The molecule has 0 saturated carbocycles. The molecule has 15 heavy (non-hydrogen) atoms. The van der Waals surface area contributed by atoms with Gasteiger partial charge in [0.25, 0.3) is 0 Å². The summed E-state index contributed by atoms with van der Waals surface area (Å²) in [6.07, 6.45) is 0. The minimum absolute atomic E-state index is 1.03. The zero-order valence-corrected chi connectivity index (χ0v) is 10.4. The van der Waals surface area contributed by atoms with Crippen LogP contribution >= 0.6 is 11.8 Å². The molecule has 0 aliphatic carbocycles. The van der Waals surface area contributed by atoms with Crippen molar-refractivity contribution in [3.8, 4) is 0 Å². The molecule has 3 heteroatoms. The van der Waals surface area contributed by atoms with Crippen LogP contribution in [0.3, 0.4) is 0 Å². The van der Waals surface area contributed by atoms with E-state index in [9.17, 15) is 3.83 Å². The minimum atomic E-state index is -2.02. The van der Waals surface area contributed by atoms with Gasteiger partial charge in [-0.25, -0.2) is 0 Å². The standard InChI is InChI=1S/C12H8OSSe/c13-15-11-7-3-1-5-9(11)14-10-6-2-4-8-12(10)15/h1-8H. The van der Waals surface area contributed by atoms with Crippen LogP contribution in [0.15, 0.2) is 58.3 Å². The van der Waals surface area contributed by atoms with E-state index in [1.54, 1.807) is 11.8 Å². The Morgan fingerprint density at radius 2 is 1.27 bits per heavy atom. The summed E-state index contributed by atoms with van der Waals surface area (Å²) in [5, 5.41) is 0. The van der Waals surface area contributed by atoms with Gasteiger partial charge in [-0.3, -0.25) is 0 Å².